The van der Waals surface area contributed by atoms with E-state index in [0.29, 0.717) is 0 Å². The standard InChI is InChI=1S/Mg.H3O4P.Si.Sr/c;1-5(2,3)4;;/h;(H3,1,2,3,4);;/q+2;;+4;+2. The third kappa shape index (κ3) is 74.2. The summed E-state index contributed by atoms with van der Waals surface area (Å²) in [6, 6.07) is 0. The quantitative estimate of drug-likeness (QED) is 0.334. The fraction of sp³-hybridized carbons (Fsp3) is 0. The second-order valence-corrected chi connectivity index (χ2v) is 1.54. The SMILES string of the molecule is O=P(O)(O)O.[Mg+2].[Si+4].[Sr+2]. The summed E-state index contributed by atoms with van der Waals surface area (Å²) in [5.41, 5.74) is 0. The zero-order valence-electron chi connectivity index (χ0n) is 4.11. The Kier molecular flexibility index (Phi) is 26.8. The summed E-state index contributed by atoms with van der Waals surface area (Å²) < 4.78 is 8.88. The Hall–Kier alpha value is 2.57. The summed E-state index contributed by atoms with van der Waals surface area (Å²) in [5, 5.41) is 0. The molecule has 0 unspecified atom stereocenters. The van der Waals surface area contributed by atoms with Gasteiger partial charge in [-0.25, -0.2) is 4.57 Å². The minimum atomic E-state index is -4.64. The minimum Gasteiger partial charge on any atom is -0.303 e. The Morgan fingerprint density at radius 1 is 1.12 bits per heavy atom. The van der Waals surface area contributed by atoms with Crippen molar-refractivity contribution in [3.63, 3.8) is 0 Å². The fourth-order valence-corrected chi connectivity index (χ4v) is 0. The molecule has 8 heteroatoms. The topological polar surface area (TPSA) is 77.8 Å². The molecule has 0 heterocycles. The molecule has 0 aromatic rings. The van der Waals surface area contributed by atoms with Crippen LogP contribution in [-0.4, -0.2) is 94.2 Å². The van der Waals surface area contributed by atoms with Crippen molar-refractivity contribution >= 4 is 87.3 Å². The first-order valence-electron chi connectivity index (χ1n) is 0.783. The van der Waals surface area contributed by atoms with Gasteiger partial charge in [-0.15, -0.1) is 0 Å². The molecule has 0 rings (SSSR count). The van der Waals surface area contributed by atoms with Crippen molar-refractivity contribution in [2.75, 3.05) is 0 Å². The van der Waals surface area contributed by atoms with Crippen molar-refractivity contribution in [2.45, 2.75) is 0 Å². The molecule has 4 nitrogen and oxygen atoms in total. The van der Waals surface area contributed by atoms with E-state index in [2.05, 4.69) is 0 Å². The molecule has 0 fully saturated rings. The van der Waals surface area contributed by atoms with Gasteiger partial charge in [-0.2, -0.15) is 0 Å². The molecule has 0 radical (unpaired) electrons. The number of rotatable bonds is 0. The van der Waals surface area contributed by atoms with E-state index in [1.54, 1.807) is 0 Å². The summed E-state index contributed by atoms with van der Waals surface area (Å²) in [6.45, 7) is 0. The van der Waals surface area contributed by atoms with Gasteiger partial charge in [0, 0.05) is 0 Å². The molecular weight excluding hydrogens is 235 g/mol. The average Bonchev–Trinajstić information content (AvgIpc) is 0.722. The Bertz CT molecular complexity index is 62.2. The summed E-state index contributed by atoms with van der Waals surface area (Å²) in [4.78, 5) is 21.6. The van der Waals surface area contributed by atoms with Gasteiger partial charge in [0.25, 0.3) is 0 Å². The van der Waals surface area contributed by atoms with Crippen LogP contribution in [0, 0.1) is 0 Å². The molecule has 0 atom stereocenters. The molecule has 0 aliphatic heterocycles. The molecule has 8 heavy (non-hydrogen) atoms. The normalized spacial score (nSPS) is 7.38. The van der Waals surface area contributed by atoms with Crippen molar-refractivity contribution in [2.24, 2.45) is 0 Å². The smallest absolute Gasteiger partial charge is 0.303 e. The zero-order chi connectivity index (χ0) is 4.50. The Balaban J connectivity index is -0.0000000267. The molecule has 0 aliphatic carbocycles. The van der Waals surface area contributed by atoms with Crippen LogP contribution >= 0.6 is 7.82 Å². The predicted molar refractivity (Wildman–Crippen MR) is 31.5 cm³/mol. The van der Waals surface area contributed by atoms with Crippen LogP contribution in [-0.2, 0) is 4.57 Å². The summed E-state index contributed by atoms with van der Waals surface area (Å²) in [5.74, 6) is 0. The van der Waals surface area contributed by atoms with Crippen molar-refractivity contribution in [3.05, 3.63) is 0 Å². The summed E-state index contributed by atoms with van der Waals surface area (Å²) in [6.07, 6.45) is 0. The van der Waals surface area contributed by atoms with Crippen molar-refractivity contribution in [1.29, 1.82) is 0 Å². The van der Waals surface area contributed by atoms with Crippen molar-refractivity contribution < 1.29 is 19.2 Å². The second-order valence-electron chi connectivity index (χ2n) is 0.513. The minimum absolute atomic E-state index is 0. The molecule has 32 valence electrons. The van der Waals surface area contributed by atoms with Crippen LogP contribution in [0.25, 0.3) is 0 Å². The molecule has 0 aliphatic rings. The third-order valence-electron chi connectivity index (χ3n) is 0. The molecule has 0 bridgehead atoms. The number of hydrogen-bond acceptors (Lipinski definition) is 1. The van der Waals surface area contributed by atoms with E-state index < -0.39 is 7.82 Å². The first kappa shape index (κ1) is 22.4. The van der Waals surface area contributed by atoms with Crippen molar-refractivity contribution in [1.82, 2.24) is 0 Å². The van der Waals surface area contributed by atoms with E-state index in [1.165, 1.54) is 0 Å². The van der Waals surface area contributed by atoms with Gasteiger partial charge in [-0.3, -0.25) is 0 Å². The molecule has 0 aromatic carbocycles. The number of hydrogen-bond donors (Lipinski definition) is 3. The van der Waals surface area contributed by atoms with Crippen LogP contribution in [0.5, 0.6) is 0 Å². The van der Waals surface area contributed by atoms with Crippen LogP contribution in [0.15, 0.2) is 0 Å². The van der Waals surface area contributed by atoms with Gasteiger partial charge in [0.05, 0.1) is 0 Å². The molecule has 3 N–H and O–H groups in total. The molecule has 0 aromatic heterocycles. The Morgan fingerprint density at radius 3 is 1.12 bits per heavy atom. The monoisotopic (exact) mass is 238 g/mol. The van der Waals surface area contributed by atoms with E-state index in [0.717, 1.165) is 0 Å². The molecule has 0 spiro atoms. The van der Waals surface area contributed by atoms with Gasteiger partial charge in [-0.1, -0.05) is 0 Å². The maximum absolute atomic E-state index is 8.88. The first-order chi connectivity index (χ1) is 2.00. The van der Waals surface area contributed by atoms with Crippen LogP contribution in [0.1, 0.15) is 0 Å². The summed E-state index contributed by atoms with van der Waals surface area (Å²) in [7, 11) is -4.64. The van der Waals surface area contributed by atoms with E-state index >= 15 is 0 Å². The van der Waals surface area contributed by atoms with E-state index in [4.69, 9.17) is 19.2 Å². The van der Waals surface area contributed by atoms with Crippen LogP contribution in [0.4, 0.5) is 0 Å². The van der Waals surface area contributed by atoms with E-state index in [-0.39, 0.29) is 79.5 Å². The zero-order valence-corrected chi connectivity index (χ0v) is 10.9. The van der Waals surface area contributed by atoms with Gasteiger partial charge in [0.2, 0.25) is 0 Å². The van der Waals surface area contributed by atoms with Crippen LogP contribution < -0.4 is 0 Å². The van der Waals surface area contributed by atoms with Crippen molar-refractivity contribution in [3.8, 4) is 0 Å². The van der Waals surface area contributed by atoms with Crippen LogP contribution in [0.3, 0.4) is 0 Å². The third-order valence-corrected chi connectivity index (χ3v) is 0. The Labute approximate surface area is 105 Å². The number of phosphoric acid groups is 1. The van der Waals surface area contributed by atoms with Gasteiger partial charge in [0.1, 0.15) is 0 Å². The van der Waals surface area contributed by atoms with E-state index in [9.17, 15) is 0 Å². The van der Waals surface area contributed by atoms with E-state index in [1.807, 2.05) is 0 Å². The Morgan fingerprint density at radius 2 is 1.12 bits per heavy atom. The van der Waals surface area contributed by atoms with Gasteiger partial charge in [0.15, 0.2) is 0 Å². The molecule has 0 saturated heterocycles. The van der Waals surface area contributed by atoms with Gasteiger partial charge < -0.3 is 14.7 Å². The molecule has 0 saturated carbocycles. The first-order valence-corrected chi connectivity index (χ1v) is 2.35. The van der Waals surface area contributed by atoms with Gasteiger partial charge in [-0.05, 0) is 0 Å². The predicted octanol–water partition coefficient (Wildman–Crippen LogP) is -2.07. The fourth-order valence-electron chi connectivity index (χ4n) is 0. The molecule has 0 amide bonds. The second kappa shape index (κ2) is 9.57. The molecular formula is H3MgO4PSiSr+8. The maximum atomic E-state index is 8.88. The van der Waals surface area contributed by atoms with Gasteiger partial charge >= 0.3 is 87.3 Å². The van der Waals surface area contributed by atoms with Crippen LogP contribution in [0.2, 0.25) is 0 Å². The largest absolute Gasteiger partial charge is 4.00 e. The maximum Gasteiger partial charge on any atom is 4.00 e. The average molecular weight is 238 g/mol. The summed E-state index contributed by atoms with van der Waals surface area (Å²) >= 11 is 0.